The number of aliphatic imine (C=N–C) groups is 1. The Hall–Kier alpha value is -1.55. The molecule has 0 radical (unpaired) electrons. The molecule has 0 spiro atoms. The number of ether oxygens (including phenoxy) is 2. The third-order valence-corrected chi connectivity index (χ3v) is 3.35. The van der Waals surface area contributed by atoms with E-state index in [1.165, 1.54) is 0 Å². The summed E-state index contributed by atoms with van der Waals surface area (Å²) >= 11 is 0. The molecule has 0 fully saturated rings. The average molecular weight is 233 g/mol. The number of aliphatic hydroxyl groups is 1. The summed E-state index contributed by atoms with van der Waals surface area (Å²) in [5.41, 5.74) is 2.23. The summed E-state index contributed by atoms with van der Waals surface area (Å²) in [6, 6.07) is 3.95. The highest BCUT2D eigenvalue weighted by molar-refractivity contribution is 5.73. The van der Waals surface area contributed by atoms with Crippen LogP contribution in [-0.4, -0.2) is 24.2 Å². The Morgan fingerprint density at radius 3 is 2.94 bits per heavy atom. The van der Waals surface area contributed by atoms with Gasteiger partial charge in [-0.25, -0.2) is 0 Å². The number of hydrogen-bond donors (Lipinski definition) is 1. The monoisotopic (exact) mass is 233 g/mol. The summed E-state index contributed by atoms with van der Waals surface area (Å²) in [6.45, 7) is 2.90. The molecule has 0 saturated heterocycles. The normalized spacial score (nSPS) is 22.4. The van der Waals surface area contributed by atoms with Gasteiger partial charge in [0.2, 0.25) is 6.79 Å². The lowest BCUT2D eigenvalue weighted by Crippen LogP contribution is -2.22. The van der Waals surface area contributed by atoms with Gasteiger partial charge >= 0.3 is 0 Å². The van der Waals surface area contributed by atoms with Gasteiger partial charge in [-0.15, -0.1) is 0 Å². The summed E-state index contributed by atoms with van der Waals surface area (Å²) in [7, 11) is 0. The van der Waals surface area contributed by atoms with Gasteiger partial charge in [0.05, 0.1) is 12.6 Å². The summed E-state index contributed by atoms with van der Waals surface area (Å²) in [5.74, 6) is 1.52. The van der Waals surface area contributed by atoms with E-state index in [0.29, 0.717) is 13.0 Å². The first kappa shape index (κ1) is 10.6. The largest absolute Gasteiger partial charge is 0.454 e. The zero-order valence-corrected chi connectivity index (χ0v) is 9.72. The minimum Gasteiger partial charge on any atom is -0.454 e. The van der Waals surface area contributed by atoms with Crippen LogP contribution in [0.4, 0.5) is 0 Å². The molecule has 4 nitrogen and oxygen atoms in total. The van der Waals surface area contributed by atoms with E-state index in [1.54, 1.807) is 0 Å². The maximum atomic E-state index is 10.0. The first-order valence-electron chi connectivity index (χ1n) is 5.90. The van der Waals surface area contributed by atoms with Gasteiger partial charge in [0.25, 0.3) is 0 Å². The first-order valence-corrected chi connectivity index (χ1v) is 5.90. The Morgan fingerprint density at radius 2 is 2.18 bits per heavy atom. The summed E-state index contributed by atoms with van der Waals surface area (Å²) in [4.78, 5) is 4.31. The molecule has 2 heterocycles. The van der Waals surface area contributed by atoms with E-state index in [2.05, 4.69) is 4.99 Å². The number of aliphatic hydroxyl groups excluding tert-OH is 1. The molecule has 17 heavy (non-hydrogen) atoms. The van der Waals surface area contributed by atoms with Gasteiger partial charge in [-0.3, -0.25) is 4.99 Å². The van der Waals surface area contributed by atoms with Gasteiger partial charge in [-0.1, -0.05) is 6.92 Å². The molecule has 1 aromatic rings. The quantitative estimate of drug-likeness (QED) is 0.848. The van der Waals surface area contributed by atoms with Crippen LogP contribution in [0.15, 0.2) is 17.1 Å². The number of fused-ring (bicyclic) bond motifs is 2. The minimum atomic E-state index is -0.391. The van der Waals surface area contributed by atoms with Gasteiger partial charge in [0.15, 0.2) is 11.5 Å². The number of nitrogens with zero attached hydrogens (tertiary/aromatic N) is 1. The van der Waals surface area contributed by atoms with Gasteiger partial charge in [0, 0.05) is 12.1 Å². The van der Waals surface area contributed by atoms with Crippen molar-refractivity contribution in [2.24, 2.45) is 4.99 Å². The molecule has 2 atom stereocenters. The Kier molecular flexibility index (Phi) is 2.52. The molecular weight excluding hydrogens is 218 g/mol. The van der Waals surface area contributed by atoms with Crippen LogP contribution >= 0.6 is 0 Å². The maximum absolute atomic E-state index is 10.0. The average Bonchev–Trinajstić information content (AvgIpc) is 2.81. The van der Waals surface area contributed by atoms with Crippen molar-refractivity contribution in [3.8, 4) is 11.5 Å². The molecule has 3 rings (SSSR count). The highest BCUT2D eigenvalue weighted by Gasteiger charge is 2.26. The molecule has 90 valence electrons. The van der Waals surface area contributed by atoms with Crippen molar-refractivity contribution in [1.29, 1.82) is 0 Å². The highest BCUT2D eigenvalue weighted by Crippen LogP contribution is 2.39. The Morgan fingerprint density at radius 1 is 1.41 bits per heavy atom. The van der Waals surface area contributed by atoms with Crippen LogP contribution in [-0.2, 0) is 6.54 Å². The zero-order chi connectivity index (χ0) is 11.8. The van der Waals surface area contributed by atoms with Crippen molar-refractivity contribution in [3.05, 3.63) is 23.3 Å². The molecule has 0 saturated carbocycles. The zero-order valence-electron chi connectivity index (χ0n) is 9.72. The highest BCUT2D eigenvalue weighted by atomic mass is 16.7. The predicted octanol–water partition coefficient (Wildman–Crippen LogP) is 1.85. The fourth-order valence-corrected chi connectivity index (χ4v) is 2.35. The minimum absolute atomic E-state index is 0.0294. The molecule has 2 unspecified atom stereocenters. The lowest BCUT2D eigenvalue weighted by Gasteiger charge is -2.24. The molecule has 0 bridgehead atoms. The van der Waals surface area contributed by atoms with Crippen molar-refractivity contribution in [2.45, 2.75) is 31.9 Å². The van der Waals surface area contributed by atoms with Crippen LogP contribution in [0.25, 0.3) is 0 Å². The Bertz CT molecular complexity index is 470. The lowest BCUT2D eigenvalue weighted by atomic mass is 9.87. The van der Waals surface area contributed by atoms with Gasteiger partial charge in [0.1, 0.15) is 0 Å². The molecule has 0 amide bonds. The van der Waals surface area contributed by atoms with E-state index in [9.17, 15) is 5.11 Å². The molecule has 1 aromatic carbocycles. The van der Waals surface area contributed by atoms with Crippen LogP contribution in [0.3, 0.4) is 0 Å². The molecule has 0 aromatic heterocycles. The maximum Gasteiger partial charge on any atom is 0.231 e. The summed E-state index contributed by atoms with van der Waals surface area (Å²) < 4.78 is 10.7. The van der Waals surface area contributed by atoms with Gasteiger partial charge < -0.3 is 14.6 Å². The third-order valence-electron chi connectivity index (χ3n) is 3.35. The van der Waals surface area contributed by atoms with E-state index < -0.39 is 6.10 Å². The van der Waals surface area contributed by atoms with Crippen LogP contribution in [0, 0.1) is 0 Å². The Labute approximate surface area is 99.9 Å². The van der Waals surface area contributed by atoms with E-state index in [4.69, 9.17) is 9.47 Å². The molecular formula is C13H15NO3. The fraction of sp³-hybridized carbons (Fsp3) is 0.462. The second-order valence-corrected chi connectivity index (χ2v) is 4.40. The standard InChI is InChI=1S/C13H15NO3/c1-2-11(15)10-6-14-5-8-3-12-13(4-9(8)10)17-7-16-12/h3-4,6,10-11,15H,2,5,7H2,1H3. The lowest BCUT2D eigenvalue weighted by molar-refractivity contribution is 0.161. The number of rotatable bonds is 2. The van der Waals surface area contributed by atoms with Crippen LogP contribution in [0.2, 0.25) is 0 Å². The van der Waals surface area contributed by atoms with E-state index in [0.717, 1.165) is 22.6 Å². The van der Waals surface area contributed by atoms with Crippen molar-refractivity contribution in [1.82, 2.24) is 0 Å². The van der Waals surface area contributed by atoms with Gasteiger partial charge in [-0.2, -0.15) is 0 Å². The van der Waals surface area contributed by atoms with Gasteiger partial charge in [-0.05, 0) is 29.7 Å². The molecule has 1 N–H and O–H groups in total. The van der Waals surface area contributed by atoms with Crippen molar-refractivity contribution in [2.75, 3.05) is 6.79 Å². The van der Waals surface area contributed by atoms with E-state index >= 15 is 0 Å². The first-order chi connectivity index (χ1) is 8.29. The van der Waals surface area contributed by atoms with Crippen molar-refractivity contribution < 1.29 is 14.6 Å². The third kappa shape index (κ3) is 1.69. The molecule has 2 aliphatic heterocycles. The van der Waals surface area contributed by atoms with Crippen LogP contribution in [0.1, 0.15) is 30.4 Å². The summed E-state index contributed by atoms with van der Waals surface area (Å²) in [5, 5.41) is 10.0. The van der Waals surface area contributed by atoms with Crippen molar-refractivity contribution >= 4 is 6.21 Å². The second kappa shape index (κ2) is 4.04. The van der Waals surface area contributed by atoms with E-state index in [1.807, 2.05) is 25.3 Å². The van der Waals surface area contributed by atoms with E-state index in [-0.39, 0.29) is 12.7 Å². The van der Waals surface area contributed by atoms with Crippen LogP contribution in [0.5, 0.6) is 11.5 Å². The SMILES string of the molecule is CCC(O)C1C=NCc2cc3c(cc21)OCO3. The molecule has 4 heteroatoms. The summed E-state index contributed by atoms with van der Waals surface area (Å²) in [6.07, 6.45) is 2.17. The smallest absolute Gasteiger partial charge is 0.231 e. The van der Waals surface area contributed by atoms with Crippen LogP contribution < -0.4 is 9.47 Å². The van der Waals surface area contributed by atoms with Crippen molar-refractivity contribution in [3.63, 3.8) is 0 Å². The second-order valence-electron chi connectivity index (χ2n) is 4.40. The Balaban J connectivity index is 2.04. The number of hydrogen-bond acceptors (Lipinski definition) is 4. The predicted molar refractivity (Wildman–Crippen MR) is 63.8 cm³/mol. The fourth-order valence-electron chi connectivity index (χ4n) is 2.35. The topological polar surface area (TPSA) is 51.1 Å². The molecule has 2 aliphatic rings. The number of benzene rings is 1. The molecule has 0 aliphatic carbocycles.